The van der Waals surface area contributed by atoms with E-state index < -0.39 is 0 Å². The number of hydrogen-bond acceptors (Lipinski definition) is 4. The number of carbonyl (C=O) groups excluding carboxylic acids is 1. The van der Waals surface area contributed by atoms with Crippen LogP contribution in [0.3, 0.4) is 0 Å². The Labute approximate surface area is 154 Å². The van der Waals surface area contributed by atoms with Crippen molar-refractivity contribution in [3.05, 3.63) is 41.6 Å². The second kappa shape index (κ2) is 7.09. The van der Waals surface area contributed by atoms with E-state index in [2.05, 4.69) is 21.8 Å². The smallest absolute Gasteiger partial charge is 0.270 e. The number of aryl methyl sites for hydroxylation is 1. The summed E-state index contributed by atoms with van der Waals surface area (Å²) in [6.07, 6.45) is 7.75. The van der Waals surface area contributed by atoms with Gasteiger partial charge in [0.05, 0.1) is 5.69 Å². The topological polar surface area (TPSA) is 54.3 Å². The van der Waals surface area contributed by atoms with Crippen LogP contribution in [-0.2, 0) is 19.9 Å². The lowest BCUT2D eigenvalue weighted by Crippen LogP contribution is -2.36. The van der Waals surface area contributed by atoms with E-state index in [4.69, 9.17) is 0 Å². The Morgan fingerprint density at radius 2 is 2.04 bits per heavy atom. The molecule has 2 aliphatic heterocycles. The fraction of sp³-hybridized carbons (Fsp3) is 0.550. The molecule has 0 spiro atoms. The number of fused-ring (bicyclic) bond motifs is 1. The van der Waals surface area contributed by atoms with E-state index in [0.29, 0.717) is 12.5 Å². The molecule has 0 N–H and O–H groups in total. The molecular weight excluding hydrogens is 326 g/mol. The van der Waals surface area contributed by atoms with Crippen LogP contribution in [0.15, 0.2) is 24.7 Å². The first-order valence-electron chi connectivity index (χ1n) is 9.62. The van der Waals surface area contributed by atoms with Gasteiger partial charge >= 0.3 is 0 Å². The van der Waals surface area contributed by atoms with Gasteiger partial charge in [-0.2, -0.15) is 0 Å². The number of amides is 1. The number of rotatable bonds is 2. The fourth-order valence-corrected chi connectivity index (χ4v) is 4.21. The second-order valence-electron chi connectivity index (χ2n) is 7.61. The molecule has 0 aliphatic carbocycles. The van der Waals surface area contributed by atoms with Gasteiger partial charge in [-0.05, 0) is 37.3 Å². The zero-order valence-corrected chi connectivity index (χ0v) is 15.7. The first-order chi connectivity index (χ1) is 12.6. The second-order valence-corrected chi connectivity index (χ2v) is 7.61. The highest BCUT2D eigenvalue weighted by Gasteiger charge is 2.26. The molecule has 1 fully saturated rings. The van der Waals surface area contributed by atoms with Gasteiger partial charge in [0.15, 0.2) is 0 Å². The lowest BCUT2D eigenvalue weighted by molar-refractivity contribution is 0.0753. The van der Waals surface area contributed by atoms with Crippen molar-refractivity contribution in [1.29, 1.82) is 0 Å². The van der Waals surface area contributed by atoms with E-state index >= 15 is 0 Å². The van der Waals surface area contributed by atoms with Gasteiger partial charge in [-0.25, -0.2) is 9.97 Å². The van der Waals surface area contributed by atoms with Crippen LogP contribution in [0.4, 0.5) is 5.82 Å². The quantitative estimate of drug-likeness (QED) is 0.831. The van der Waals surface area contributed by atoms with Crippen LogP contribution in [0.5, 0.6) is 0 Å². The average molecular weight is 353 g/mol. The summed E-state index contributed by atoms with van der Waals surface area (Å²) in [5.41, 5.74) is 3.09. The molecule has 6 nitrogen and oxygen atoms in total. The van der Waals surface area contributed by atoms with Crippen molar-refractivity contribution in [2.75, 3.05) is 31.1 Å². The lowest BCUT2D eigenvalue weighted by Gasteiger charge is -2.33. The molecule has 0 saturated carbocycles. The van der Waals surface area contributed by atoms with Crippen LogP contribution >= 0.6 is 0 Å². The van der Waals surface area contributed by atoms with E-state index in [-0.39, 0.29) is 5.91 Å². The van der Waals surface area contributed by atoms with Gasteiger partial charge in [-0.15, -0.1) is 0 Å². The SMILES string of the molecule is C[C@H]1CCCN(c2ncnc3c2CCN(C(=O)c2cccn2C)CC3)C1. The van der Waals surface area contributed by atoms with Crippen molar-refractivity contribution in [3.63, 3.8) is 0 Å². The molecule has 0 bridgehead atoms. The van der Waals surface area contributed by atoms with Crippen molar-refractivity contribution in [3.8, 4) is 0 Å². The molecule has 0 radical (unpaired) electrons. The molecule has 1 atom stereocenters. The van der Waals surface area contributed by atoms with E-state index in [1.807, 2.05) is 34.8 Å². The molecule has 138 valence electrons. The number of carbonyl (C=O) groups is 1. The van der Waals surface area contributed by atoms with Gasteiger partial charge < -0.3 is 14.4 Å². The lowest BCUT2D eigenvalue weighted by atomic mass is 9.99. The Morgan fingerprint density at radius 1 is 1.19 bits per heavy atom. The molecule has 4 heterocycles. The van der Waals surface area contributed by atoms with E-state index in [1.54, 1.807) is 6.33 Å². The summed E-state index contributed by atoms with van der Waals surface area (Å²) in [6, 6.07) is 3.81. The number of hydrogen-bond donors (Lipinski definition) is 0. The van der Waals surface area contributed by atoms with Gasteiger partial charge in [0.2, 0.25) is 0 Å². The minimum absolute atomic E-state index is 0.103. The Kier molecular flexibility index (Phi) is 4.66. The zero-order valence-electron chi connectivity index (χ0n) is 15.7. The van der Waals surface area contributed by atoms with Gasteiger partial charge in [0.1, 0.15) is 17.8 Å². The van der Waals surface area contributed by atoms with Gasteiger partial charge in [-0.3, -0.25) is 4.79 Å². The van der Waals surface area contributed by atoms with Crippen LogP contribution in [0.2, 0.25) is 0 Å². The van der Waals surface area contributed by atoms with E-state index in [0.717, 1.165) is 49.7 Å². The molecule has 2 aromatic rings. The Hall–Kier alpha value is -2.37. The van der Waals surface area contributed by atoms with Crippen molar-refractivity contribution < 1.29 is 4.79 Å². The molecule has 0 aromatic carbocycles. The van der Waals surface area contributed by atoms with Crippen molar-refractivity contribution >= 4 is 11.7 Å². The Morgan fingerprint density at radius 3 is 2.81 bits per heavy atom. The number of piperidine rings is 1. The van der Waals surface area contributed by atoms with Gasteiger partial charge in [0, 0.05) is 51.4 Å². The summed E-state index contributed by atoms with van der Waals surface area (Å²) in [6.45, 7) is 5.88. The third-order valence-electron chi connectivity index (χ3n) is 5.67. The fourth-order valence-electron chi connectivity index (χ4n) is 4.21. The normalized spacial score (nSPS) is 20.6. The summed E-state index contributed by atoms with van der Waals surface area (Å²) in [5, 5.41) is 0. The maximum absolute atomic E-state index is 12.9. The standard InChI is InChI=1S/C20H27N5O/c1-15-5-3-10-25(13-15)19-16-7-11-24(12-8-17(16)21-14-22-19)20(26)18-6-4-9-23(18)2/h4,6,9,14-15H,3,5,7-8,10-13H2,1-2H3/t15-/m0/s1. The van der Waals surface area contributed by atoms with Crippen LogP contribution in [0, 0.1) is 5.92 Å². The molecule has 26 heavy (non-hydrogen) atoms. The highest BCUT2D eigenvalue weighted by atomic mass is 16.2. The summed E-state index contributed by atoms with van der Waals surface area (Å²) in [5.74, 6) is 1.90. The van der Waals surface area contributed by atoms with Crippen molar-refractivity contribution in [1.82, 2.24) is 19.4 Å². The molecular formula is C20H27N5O. The first-order valence-corrected chi connectivity index (χ1v) is 9.62. The number of aromatic nitrogens is 3. The molecule has 2 aromatic heterocycles. The van der Waals surface area contributed by atoms with Gasteiger partial charge in [0.25, 0.3) is 5.91 Å². The van der Waals surface area contributed by atoms with E-state index in [9.17, 15) is 4.79 Å². The molecule has 0 unspecified atom stereocenters. The predicted octanol–water partition coefficient (Wildman–Crippen LogP) is 2.29. The predicted molar refractivity (Wildman–Crippen MR) is 101 cm³/mol. The summed E-state index contributed by atoms with van der Waals surface area (Å²) >= 11 is 0. The molecule has 1 saturated heterocycles. The maximum Gasteiger partial charge on any atom is 0.270 e. The third-order valence-corrected chi connectivity index (χ3v) is 5.67. The average Bonchev–Trinajstić information content (AvgIpc) is 2.95. The zero-order chi connectivity index (χ0) is 18.1. The Bertz CT molecular complexity index is 799. The molecule has 1 amide bonds. The highest BCUT2D eigenvalue weighted by Crippen LogP contribution is 2.28. The van der Waals surface area contributed by atoms with Crippen LogP contribution in [0.1, 0.15) is 41.5 Å². The summed E-state index contributed by atoms with van der Waals surface area (Å²) in [7, 11) is 1.92. The maximum atomic E-state index is 12.9. The van der Waals surface area contributed by atoms with Crippen LogP contribution < -0.4 is 4.90 Å². The van der Waals surface area contributed by atoms with E-state index in [1.165, 1.54) is 18.4 Å². The molecule has 2 aliphatic rings. The van der Waals surface area contributed by atoms with Crippen molar-refractivity contribution in [2.45, 2.75) is 32.6 Å². The minimum atomic E-state index is 0.103. The number of anilines is 1. The third kappa shape index (κ3) is 3.20. The molecule has 4 rings (SSSR count). The number of nitrogens with zero attached hydrogens (tertiary/aromatic N) is 5. The van der Waals surface area contributed by atoms with Crippen LogP contribution in [-0.4, -0.2) is 51.5 Å². The van der Waals surface area contributed by atoms with Crippen LogP contribution in [0.25, 0.3) is 0 Å². The summed E-state index contributed by atoms with van der Waals surface area (Å²) < 4.78 is 1.89. The Balaban J connectivity index is 1.55. The first kappa shape index (κ1) is 17.1. The minimum Gasteiger partial charge on any atom is -0.356 e. The monoisotopic (exact) mass is 353 g/mol. The highest BCUT2D eigenvalue weighted by molar-refractivity contribution is 5.92. The van der Waals surface area contributed by atoms with Gasteiger partial charge in [-0.1, -0.05) is 6.92 Å². The van der Waals surface area contributed by atoms with Crippen molar-refractivity contribution in [2.24, 2.45) is 13.0 Å². The molecule has 6 heteroatoms. The largest absolute Gasteiger partial charge is 0.356 e. The summed E-state index contributed by atoms with van der Waals surface area (Å²) in [4.78, 5) is 26.4.